The van der Waals surface area contributed by atoms with Crippen LogP contribution >= 0.6 is 0 Å². The highest BCUT2D eigenvalue weighted by atomic mass is 16.6. The van der Waals surface area contributed by atoms with Crippen molar-refractivity contribution in [3.05, 3.63) is 41.7 Å². The van der Waals surface area contributed by atoms with E-state index >= 15 is 0 Å². The highest BCUT2D eigenvalue weighted by molar-refractivity contribution is 5.91. The van der Waals surface area contributed by atoms with Gasteiger partial charge in [0, 0.05) is 19.4 Å². The van der Waals surface area contributed by atoms with Crippen molar-refractivity contribution < 1.29 is 19.1 Å². The lowest BCUT2D eigenvalue weighted by Crippen LogP contribution is -2.51. The Morgan fingerprint density at radius 2 is 1.91 bits per heavy atom. The topological polar surface area (TPSA) is 118 Å². The Hall–Kier alpha value is -3.54. The number of aromatic nitrogens is 3. The van der Waals surface area contributed by atoms with Gasteiger partial charge in [-0.15, -0.1) is 5.10 Å². The fourth-order valence-electron chi connectivity index (χ4n) is 5.13. The van der Waals surface area contributed by atoms with Crippen molar-refractivity contribution >= 4 is 17.7 Å². The standard InChI is InChI=1S/C26H31N5O4/c1-16(32)22-15-30(29-28-22)20-8-5-17(6-9-20)11-18(14-27)12-23(33)24-19-7-10-21(13-19)31(24)25(34)35-26(2,3)4/h5-6,8-9,15,18-19,21,24H,7,10-13H2,1-4H3/t18-,19+,21-,24+/m1/s1. The van der Waals surface area contributed by atoms with Gasteiger partial charge in [0.2, 0.25) is 0 Å². The van der Waals surface area contributed by atoms with Gasteiger partial charge in [0.05, 0.1) is 29.9 Å². The molecule has 0 unspecified atom stereocenters. The van der Waals surface area contributed by atoms with Gasteiger partial charge in [0.25, 0.3) is 0 Å². The monoisotopic (exact) mass is 477 g/mol. The number of Topliss-reactive ketones (excluding diaryl/α,β-unsaturated/α-hetero) is 2. The predicted octanol–water partition coefficient (Wildman–Crippen LogP) is 3.90. The third-order valence-electron chi connectivity index (χ3n) is 6.69. The summed E-state index contributed by atoms with van der Waals surface area (Å²) in [5.74, 6) is -0.578. The maximum atomic E-state index is 13.3. The summed E-state index contributed by atoms with van der Waals surface area (Å²) in [6.07, 6.45) is 4.28. The molecule has 4 atom stereocenters. The van der Waals surface area contributed by atoms with E-state index in [1.54, 1.807) is 11.1 Å². The second-order valence-corrected chi connectivity index (χ2v) is 10.5. The number of carbonyl (C=O) groups excluding carboxylic acids is 3. The largest absolute Gasteiger partial charge is 0.444 e. The van der Waals surface area contributed by atoms with Gasteiger partial charge in [-0.25, -0.2) is 9.48 Å². The fourth-order valence-corrected chi connectivity index (χ4v) is 5.13. The van der Waals surface area contributed by atoms with E-state index in [4.69, 9.17) is 4.74 Å². The van der Waals surface area contributed by atoms with Gasteiger partial charge in [0.1, 0.15) is 11.3 Å². The number of hydrogen-bond acceptors (Lipinski definition) is 7. The molecule has 184 valence electrons. The molecule has 2 aromatic rings. The number of carbonyl (C=O) groups is 3. The van der Waals surface area contributed by atoms with Gasteiger partial charge in [-0.1, -0.05) is 17.3 Å². The molecule has 1 aliphatic heterocycles. The first kappa shape index (κ1) is 24.6. The summed E-state index contributed by atoms with van der Waals surface area (Å²) >= 11 is 0. The molecule has 2 heterocycles. The highest BCUT2D eigenvalue weighted by Crippen LogP contribution is 2.44. The zero-order chi connectivity index (χ0) is 25.3. The van der Waals surface area contributed by atoms with Crippen LogP contribution in [-0.2, 0) is 16.0 Å². The van der Waals surface area contributed by atoms with Crippen LogP contribution in [0.3, 0.4) is 0 Å². The molecule has 1 aromatic carbocycles. The van der Waals surface area contributed by atoms with E-state index in [1.807, 2.05) is 45.0 Å². The molecule has 1 amide bonds. The summed E-state index contributed by atoms with van der Waals surface area (Å²) in [4.78, 5) is 39.3. The summed E-state index contributed by atoms with van der Waals surface area (Å²) in [6.45, 7) is 6.89. The fraction of sp³-hybridized carbons (Fsp3) is 0.538. The Morgan fingerprint density at radius 3 is 2.51 bits per heavy atom. The normalized spacial score (nSPS) is 22.0. The van der Waals surface area contributed by atoms with Crippen molar-refractivity contribution in [2.75, 3.05) is 0 Å². The summed E-state index contributed by atoms with van der Waals surface area (Å²) in [6, 6.07) is 9.24. The van der Waals surface area contributed by atoms with Crippen molar-refractivity contribution in [3.63, 3.8) is 0 Å². The van der Waals surface area contributed by atoms with Crippen molar-refractivity contribution in [1.29, 1.82) is 5.26 Å². The Balaban J connectivity index is 1.41. The molecule has 2 aliphatic rings. The second-order valence-electron chi connectivity index (χ2n) is 10.5. The number of likely N-dealkylation sites (tertiary alicyclic amines) is 1. The number of ether oxygens (including phenoxy) is 1. The van der Waals surface area contributed by atoms with E-state index in [0.717, 1.165) is 30.5 Å². The molecule has 0 spiro atoms. The molecule has 2 fully saturated rings. The molecule has 9 nitrogen and oxygen atoms in total. The van der Waals surface area contributed by atoms with Crippen LogP contribution in [0.5, 0.6) is 0 Å². The van der Waals surface area contributed by atoms with Crippen LogP contribution in [0.2, 0.25) is 0 Å². The van der Waals surface area contributed by atoms with E-state index in [-0.39, 0.29) is 35.6 Å². The molecule has 9 heteroatoms. The summed E-state index contributed by atoms with van der Waals surface area (Å²) in [7, 11) is 0. The molecule has 0 N–H and O–H groups in total. The van der Waals surface area contributed by atoms with Crippen LogP contribution in [-0.4, -0.2) is 55.2 Å². The van der Waals surface area contributed by atoms with Gasteiger partial charge >= 0.3 is 6.09 Å². The first-order valence-corrected chi connectivity index (χ1v) is 12.0. The molecular formula is C26H31N5O4. The smallest absolute Gasteiger partial charge is 0.411 e. The maximum Gasteiger partial charge on any atom is 0.411 e. The molecule has 0 radical (unpaired) electrons. The molecule has 1 saturated heterocycles. The minimum Gasteiger partial charge on any atom is -0.444 e. The molecule has 1 aromatic heterocycles. The van der Waals surface area contributed by atoms with Gasteiger partial charge in [-0.2, -0.15) is 5.26 Å². The molecule has 4 rings (SSSR count). The van der Waals surface area contributed by atoms with E-state index in [9.17, 15) is 19.6 Å². The number of amides is 1. The van der Waals surface area contributed by atoms with Crippen molar-refractivity contribution in [1.82, 2.24) is 19.9 Å². The SMILES string of the molecule is CC(=O)c1cn(-c2ccc(C[C@@H](C#N)CC(=O)[C@@H]3[C@H]4CC[C@H](C4)N3C(=O)OC(C)(C)C)cc2)nn1. The van der Waals surface area contributed by atoms with E-state index in [2.05, 4.69) is 16.4 Å². The summed E-state index contributed by atoms with van der Waals surface area (Å²) in [5.41, 5.74) is 1.32. The van der Waals surface area contributed by atoms with Crippen molar-refractivity contribution in [3.8, 4) is 11.8 Å². The summed E-state index contributed by atoms with van der Waals surface area (Å²) in [5, 5.41) is 17.6. The van der Waals surface area contributed by atoms with Crippen molar-refractivity contribution in [2.45, 2.75) is 77.5 Å². The van der Waals surface area contributed by atoms with Gasteiger partial charge in [0.15, 0.2) is 11.6 Å². The highest BCUT2D eigenvalue weighted by Gasteiger charge is 2.52. The Morgan fingerprint density at radius 1 is 1.20 bits per heavy atom. The first-order valence-electron chi connectivity index (χ1n) is 12.0. The Labute approximate surface area is 205 Å². The number of nitrogens with zero attached hydrogens (tertiary/aromatic N) is 5. The zero-order valence-corrected chi connectivity index (χ0v) is 20.6. The minimum atomic E-state index is -0.631. The average Bonchev–Trinajstić information content (AvgIpc) is 3.53. The van der Waals surface area contributed by atoms with Gasteiger partial charge < -0.3 is 4.74 Å². The first-order chi connectivity index (χ1) is 16.6. The van der Waals surface area contributed by atoms with Crippen LogP contribution in [0.15, 0.2) is 30.5 Å². The lowest BCUT2D eigenvalue weighted by atomic mass is 9.88. The number of rotatable bonds is 7. The molecular weight excluding hydrogens is 446 g/mol. The van der Waals surface area contributed by atoms with Crippen molar-refractivity contribution in [2.24, 2.45) is 11.8 Å². The Bertz CT molecular complexity index is 1160. The number of hydrogen-bond donors (Lipinski definition) is 0. The van der Waals surface area contributed by atoms with E-state index < -0.39 is 23.7 Å². The number of nitriles is 1. The van der Waals surface area contributed by atoms with E-state index in [1.165, 1.54) is 11.6 Å². The van der Waals surface area contributed by atoms with Crippen LogP contribution < -0.4 is 0 Å². The number of fused-ring (bicyclic) bond motifs is 2. The van der Waals surface area contributed by atoms with Crippen LogP contribution in [0.25, 0.3) is 5.69 Å². The average molecular weight is 478 g/mol. The minimum absolute atomic E-state index is 0.0391. The lowest BCUT2D eigenvalue weighted by Gasteiger charge is -2.35. The zero-order valence-electron chi connectivity index (χ0n) is 20.6. The van der Waals surface area contributed by atoms with Crippen LogP contribution in [0, 0.1) is 23.2 Å². The molecule has 1 saturated carbocycles. The molecule has 1 aliphatic carbocycles. The molecule has 35 heavy (non-hydrogen) atoms. The quantitative estimate of drug-likeness (QED) is 0.555. The number of ketones is 2. The number of piperidine rings is 1. The third kappa shape index (κ3) is 5.42. The summed E-state index contributed by atoms with van der Waals surface area (Å²) < 4.78 is 7.10. The maximum absolute atomic E-state index is 13.3. The van der Waals surface area contributed by atoms with Crippen LogP contribution in [0.1, 0.15) is 69.4 Å². The Kier molecular flexibility index (Phi) is 6.75. The van der Waals surface area contributed by atoms with Crippen LogP contribution in [0.4, 0.5) is 4.79 Å². The van der Waals surface area contributed by atoms with E-state index in [0.29, 0.717) is 6.42 Å². The van der Waals surface area contributed by atoms with Gasteiger partial charge in [-0.05, 0) is 70.1 Å². The second kappa shape index (κ2) is 9.61. The van der Waals surface area contributed by atoms with Gasteiger partial charge in [-0.3, -0.25) is 14.5 Å². The lowest BCUT2D eigenvalue weighted by molar-refractivity contribution is -0.126. The molecule has 2 bridgehead atoms. The predicted molar refractivity (Wildman–Crippen MR) is 127 cm³/mol. The third-order valence-corrected chi connectivity index (χ3v) is 6.69. The number of benzene rings is 1.